The Bertz CT molecular complexity index is 941. The van der Waals surface area contributed by atoms with E-state index in [1.807, 2.05) is 24.4 Å². The summed E-state index contributed by atoms with van der Waals surface area (Å²) in [5.41, 5.74) is 0.557. The zero-order chi connectivity index (χ0) is 17.3. The predicted molar refractivity (Wildman–Crippen MR) is 95.1 cm³/mol. The molecule has 0 spiro atoms. The minimum atomic E-state index is -1.07. The third-order valence-corrected chi connectivity index (χ3v) is 5.54. The predicted octanol–water partition coefficient (Wildman–Crippen LogP) is 2.77. The molecule has 0 bridgehead atoms. The van der Waals surface area contributed by atoms with Crippen LogP contribution in [0.3, 0.4) is 0 Å². The van der Waals surface area contributed by atoms with Crippen molar-refractivity contribution in [1.82, 2.24) is 9.55 Å². The van der Waals surface area contributed by atoms with Crippen LogP contribution in [0, 0.1) is 6.92 Å². The van der Waals surface area contributed by atoms with Crippen LogP contribution < -0.4 is 5.56 Å². The fourth-order valence-corrected chi connectivity index (χ4v) is 4.58. The molecule has 0 unspecified atom stereocenters. The van der Waals surface area contributed by atoms with Gasteiger partial charge in [-0.2, -0.15) is 0 Å². The van der Waals surface area contributed by atoms with Gasteiger partial charge in [-0.3, -0.25) is 14.2 Å². The normalized spacial score (nSPS) is 11.2. The van der Waals surface area contributed by atoms with Crippen molar-refractivity contribution in [3.8, 4) is 10.4 Å². The molecule has 126 valence electrons. The van der Waals surface area contributed by atoms with Gasteiger partial charge in [0.25, 0.3) is 5.56 Å². The number of nitrogens with zero attached hydrogens (tertiary/aromatic N) is 2. The molecule has 0 radical (unpaired) electrons. The smallest absolute Gasteiger partial charge is 0.323 e. The highest BCUT2D eigenvalue weighted by Crippen LogP contribution is 2.37. The number of carboxylic acids is 1. The Kier molecular flexibility index (Phi) is 4.79. The number of aryl methyl sites for hydroxylation is 1. The lowest BCUT2D eigenvalue weighted by Crippen LogP contribution is -2.29. The Morgan fingerprint density at radius 1 is 1.46 bits per heavy atom. The number of carboxylic acid groups (broad SMARTS) is 1. The van der Waals surface area contributed by atoms with Crippen molar-refractivity contribution in [2.75, 3.05) is 13.7 Å². The Hall–Kier alpha value is -2.03. The first kappa shape index (κ1) is 16.8. The van der Waals surface area contributed by atoms with Crippen LogP contribution >= 0.6 is 22.7 Å². The largest absolute Gasteiger partial charge is 0.480 e. The van der Waals surface area contributed by atoms with Crippen LogP contribution in [-0.2, 0) is 22.5 Å². The second-order valence-electron chi connectivity index (χ2n) is 5.25. The summed E-state index contributed by atoms with van der Waals surface area (Å²) in [5, 5.41) is 11.6. The van der Waals surface area contributed by atoms with Crippen LogP contribution in [-0.4, -0.2) is 34.3 Å². The fraction of sp³-hybridized carbons (Fsp3) is 0.312. The molecule has 3 heterocycles. The summed E-state index contributed by atoms with van der Waals surface area (Å²) in [6.45, 7) is 1.93. The van der Waals surface area contributed by atoms with E-state index in [2.05, 4.69) is 4.98 Å². The van der Waals surface area contributed by atoms with Gasteiger partial charge in [-0.15, -0.1) is 22.7 Å². The first-order chi connectivity index (χ1) is 11.5. The molecule has 0 aliphatic rings. The molecule has 3 aromatic heterocycles. The second-order valence-corrected chi connectivity index (χ2v) is 7.40. The van der Waals surface area contributed by atoms with Crippen LogP contribution in [0.15, 0.2) is 22.3 Å². The van der Waals surface area contributed by atoms with E-state index >= 15 is 0 Å². The van der Waals surface area contributed by atoms with Crippen molar-refractivity contribution in [2.24, 2.45) is 0 Å². The molecule has 0 saturated carbocycles. The van der Waals surface area contributed by atoms with Gasteiger partial charge >= 0.3 is 5.97 Å². The molecule has 3 rings (SSSR count). The van der Waals surface area contributed by atoms with E-state index in [0.717, 1.165) is 15.3 Å². The van der Waals surface area contributed by atoms with Crippen LogP contribution in [0.2, 0.25) is 0 Å². The quantitative estimate of drug-likeness (QED) is 0.727. The number of aliphatic carboxylic acids is 1. The van der Waals surface area contributed by atoms with Crippen molar-refractivity contribution < 1.29 is 14.6 Å². The molecule has 3 aromatic rings. The standard InChI is InChI=1S/C16H16N2O4S2/c1-9-13(10-4-3-7-23-10)14-15(24-9)17-11(5-6-22-2)18(16(14)21)8-12(19)20/h3-4,7H,5-6,8H2,1-2H3,(H,19,20). The number of carbonyl (C=O) groups is 1. The molecule has 0 amide bonds. The zero-order valence-electron chi connectivity index (χ0n) is 13.2. The molecular weight excluding hydrogens is 348 g/mol. The maximum Gasteiger partial charge on any atom is 0.323 e. The summed E-state index contributed by atoms with van der Waals surface area (Å²) in [6, 6.07) is 3.89. The lowest BCUT2D eigenvalue weighted by molar-refractivity contribution is -0.137. The highest BCUT2D eigenvalue weighted by atomic mass is 32.1. The topological polar surface area (TPSA) is 81.4 Å². The van der Waals surface area contributed by atoms with E-state index in [1.165, 1.54) is 15.9 Å². The van der Waals surface area contributed by atoms with Gasteiger partial charge in [0.1, 0.15) is 17.2 Å². The minimum Gasteiger partial charge on any atom is -0.480 e. The lowest BCUT2D eigenvalue weighted by Gasteiger charge is -2.10. The highest BCUT2D eigenvalue weighted by molar-refractivity contribution is 7.20. The summed E-state index contributed by atoms with van der Waals surface area (Å²) in [5.74, 6) is -0.628. The number of rotatable bonds is 6. The molecule has 0 aromatic carbocycles. The number of ether oxygens (including phenoxy) is 1. The molecular formula is C16H16N2O4S2. The van der Waals surface area contributed by atoms with E-state index in [4.69, 9.17) is 9.84 Å². The number of thiophene rings is 2. The molecule has 0 fully saturated rings. The number of hydrogen-bond acceptors (Lipinski definition) is 6. The van der Waals surface area contributed by atoms with Gasteiger partial charge in [-0.05, 0) is 18.4 Å². The van der Waals surface area contributed by atoms with E-state index < -0.39 is 12.5 Å². The molecule has 0 saturated heterocycles. The van der Waals surface area contributed by atoms with Gasteiger partial charge in [0, 0.05) is 28.8 Å². The summed E-state index contributed by atoms with van der Waals surface area (Å²) >= 11 is 3.01. The van der Waals surface area contributed by atoms with Gasteiger partial charge in [-0.1, -0.05) is 6.07 Å². The van der Waals surface area contributed by atoms with Crippen LogP contribution in [0.25, 0.3) is 20.7 Å². The highest BCUT2D eigenvalue weighted by Gasteiger charge is 2.21. The van der Waals surface area contributed by atoms with Gasteiger partial charge in [-0.25, -0.2) is 4.98 Å². The van der Waals surface area contributed by atoms with Gasteiger partial charge in [0.2, 0.25) is 0 Å². The SMILES string of the molecule is COCCc1nc2sc(C)c(-c3cccs3)c2c(=O)n1CC(=O)O. The fourth-order valence-electron chi connectivity index (χ4n) is 2.64. The van der Waals surface area contributed by atoms with Gasteiger partial charge < -0.3 is 9.84 Å². The Morgan fingerprint density at radius 3 is 2.88 bits per heavy atom. The first-order valence-corrected chi connectivity index (χ1v) is 9.00. The van der Waals surface area contributed by atoms with Crippen molar-refractivity contribution in [3.63, 3.8) is 0 Å². The Labute approximate surface area is 146 Å². The van der Waals surface area contributed by atoms with Gasteiger partial charge in [0.05, 0.1) is 12.0 Å². The molecule has 0 aliphatic heterocycles. The molecule has 6 nitrogen and oxygen atoms in total. The van der Waals surface area contributed by atoms with Gasteiger partial charge in [0.15, 0.2) is 0 Å². The number of methoxy groups -OCH3 is 1. The second kappa shape index (κ2) is 6.84. The third-order valence-electron chi connectivity index (χ3n) is 3.66. The lowest BCUT2D eigenvalue weighted by atomic mass is 10.1. The van der Waals surface area contributed by atoms with Crippen molar-refractivity contribution in [1.29, 1.82) is 0 Å². The molecule has 0 aliphatic carbocycles. The van der Waals surface area contributed by atoms with Crippen LogP contribution in [0.1, 0.15) is 10.7 Å². The third kappa shape index (κ3) is 3.00. The molecule has 0 atom stereocenters. The first-order valence-electron chi connectivity index (χ1n) is 7.30. The van der Waals surface area contributed by atoms with E-state index in [0.29, 0.717) is 29.1 Å². The van der Waals surface area contributed by atoms with Crippen LogP contribution in [0.4, 0.5) is 0 Å². The minimum absolute atomic E-state index is 0.304. The Morgan fingerprint density at radius 2 is 2.25 bits per heavy atom. The summed E-state index contributed by atoms with van der Waals surface area (Å²) in [4.78, 5) is 31.4. The van der Waals surface area contributed by atoms with Crippen LogP contribution in [0.5, 0.6) is 0 Å². The number of aromatic nitrogens is 2. The summed E-state index contributed by atoms with van der Waals surface area (Å²) < 4.78 is 6.29. The molecule has 8 heteroatoms. The van der Waals surface area contributed by atoms with E-state index in [1.54, 1.807) is 18.4 Å². The zero-order valence-corrected chi connectivity index (χ0v) is 14.9. The van der Waals surface area contributed by atoms with Crippen molar-refractivity contribution >= 4 is 38.9 Å². The average molecular weight is 364 g/mol. The van der Waals surface area contributed by atoms with Crippen molar-refractivity contribution in [2.45, 2.75) is 19.9 Å². The summed E-state index contributed by atoms with van der Waals surface area (Å²) in [6.07, 6.45) is 0.389. The number of fused-ring (bicyclic) bond motifs is 1. The maximum atomic E-state index is 13.0. The van der Waals surface area contributed by atoms with E-state index in [-0.39, 0.29) is 5.56 Å². The van der Waals surface area contributed by atoms with E-state index in [9.17, 15) is 9.59 Å². The summed E-state index contributed by atoms with van der Waals surface area (Å²) in [7, 11) is 1.56. The monoisotopic (exact) mass is 364 g/mol. The number of hydrogen-bond donors (Lipinski definition) is 1. The average Bonchev–Trinajstić information content (AvgIpc) is 3.15. The molecule has 1 N–H and O–H groups in total. The van der Waals surface area contributed by atoms with Crippen molar-refractivity contribution in [3.05, 3.63) is 38.6 Å². The molecule has 24 heavy (non-hydrogen) atoms. The Balaban J connectivity index is 2.29. The maximum absolute atomic E-state index is 13.0.